The molecule has 1 N–H and O–H groups in total. The number of pyridine rings is 1. The van der Waals surface area contributed by atoms with Gasteiger partial charge in [0.25, 0.3) is 0 Å². The smallest absolute Gasteiger partial charge is 0.243 e. The van der Waals surface area contributed by atoms with Gasteiger partial charge in [0, 0.05) is 31.0 Å². The first-order valence-corrected chi connectivity index (χ1v) is 11.1. The molecular weight excluding hydrogens is 402 g/mol. The van der Waals surface area contributed by atoms with Crippen LogP contribution in [-0.4, -0.2) is 45.0 Å². The van der Waals surface area contributed by atoms with Crippen LogP contribution in [0.3, 0.4) is 0 Å². The van der Waals surface area contributed by atoms with E-state index in [0.717, 1.165) is 17.7 Å². The van der Waals surface area contributed by atoms with Crippen LogP contribution >= 0.6 is 11.8 Å². The Balaban J connectivity index is 1.35. The third-order valence-corrected chi connectivity index (χ3v) is 6.88. The number of ether oxygens (including phenoxy) is 2. The van der Waals surface area contributed by atoms with Crippen LogP contribution in [0.4, 0.5) is 0 Å². The van der Waals surface area contributed by atoms with Gasteiger partial charge in [-0.05, 0) is 56.2 Å². The number of aromatic nitrogens is 1. The van der Waals surface area contributed by atoms with Gasteiger partial charge in [-0.2, -0.15) is 0 Å². The van der Waals surface area contributed by atoms with Crippen molar-refractivity contribution in [1.29, 1.82) is 0 Å². The second-order valence-electron chi connectivity index (χ2n) is 7.49. The Morgan fingerprint density at radius 3 is 2.83 bits per heavy atom. The Kier molecular flexibility index (Phi) is 5.85. The largest absolute Gasteiger partial charge is 0.494 e. The number of hydrogen-bond donors (Lipinski definition) is 1. The second kappa shape index (κ2) is 8.55. The first kappa shape index (κ1) is 20.5. The summed E-state index contributed by atoms with van der Waals surface area (Å²) in [5.41, 5.74) is 0.875. The van der Waals surface area contributed by atoms with Crippen LogP contribution in [0.2, 0.25) is 0 Å². The summed E-state index contributed by atoms with van der Waals surface area (Å²) in [4.78, 5) is 30.7. The van der Waals surface area contributed by atoms with E-state index in [2.05, 4.69) is 10.3 Å². The molecule has 3 heterocycles. The molecule has 2 amide bonds. The summed E-state index contributed by atoms with van der Waals surface area (Å²) < 4.78 is 11.2. The van der Waals surface area contributed by atoms with Gasteiger partial charge in [0.05, 0.1) is 11.5 Å². The fraction of sp³-hybridized carbons (Fsp3) is 0.409. The molecule has 7 nitrogen and oxygen atoms in total. The number of amides is 2. The van der Waals surface area contributed by atoms with Crippen LogP contribution in [0.5, 0.6) is 17.4 Å². The van der Waals surface area contributed by atoms with E-state index in [1.807, 2.05) is 44.2 Å². The highest BCUT2D eigenvalue weighted by molar-refractivity contribution is 8.01. The Bertz CT molecular complexity index is 936. The molecule has 2 aliphatic heterocycles. The predicted octanol–water partition coefficient (Wildman–Crippen LogP) is 3.34. The zero-order chi connectivity index (χ0) is 21.1. The van der Waals surface area contributed by atoms with Gasteiger partial charge < -0.3 is 19.7 Å². The number of rotatable bonds is 7. The molecule has 2 unspecified atom stereocenters. The van der Waals surface area contributed by atoms with Crippen molar-refractivity contribution in [1.82, 2.24) is 15.2 Å². The Morgan fingerprint density at radius 1 is 1.30 bits per heavy atom. The van der Waals surface area contributed by atoms with Gasteiger partial charge in [0.15, 0.2) is 0 Å². The maximum Gasteiger partial charge on any atom is 0.243 e. The van der Waals surface area contributed by atoms with Crippen molar-refractivity contribution in [2.45, 2.75) is 44.1 Å². The van der Waals surface area contributed by atoms with Gasteiger partial charge in [-0.1, -0.05) is 0 Å². The van der Waals surface area contributed by atoms with Crippen molar-refractivity contribution in [3.8, 4) is 17.4 Å². The Hall–Kier alpha value is -2.74. The fourth-order valence-electron chi connectivity index (χ4n) is 3.83. The highest BCUT2D eigenvalue weighted by atomic mass is 32.2. The molecule has 0 spiro atoms. The van der Waals surface area contributed by atoms with E-state index < -0.39 is 6.04 Å². The lowest BCUT2D eigenvalue weighted by Crippen LogP contribution is -2.49. The molecular formula is C22H25N3O4S. The number of nitrogens with zero attached hydrogens (tertiary/aromatic N) is 2. The molecule has 1 aromatic heterocycles. The van der Waals surface area contributed by atoms with E-state index in [1.54, 1.807) is 28.9 Å². The van der Waals surface area contributed by atoms with Crippen molar-refractivity contribution >= 4 is 23.6 Å². The zero-order valence-electron chi connectivity index (χ0n) is 17.1. The van der Waals surface area contributed by atoms with E-state index in [0.29, 0.717) is 37.0 Å². The number of carbonyl (C=O) groups excluding carboxylic acids is 2. The first-order valence-electron chi connectivity index (χ1n) is 10.1. The summed E-state index contributed by atoms with van der Waals surface area (Å²) in [6.45, 7) is 4.94. The molecule has 4 rings (SSSR count). The highest BCUT2D eigenvalue weighted by Crippen LogP contribution is 2.47. The SMILES string of the molecule is CCOc1ccc(Oc2cc(CNC(=O)C3CSC4(C)CCC(=O)N34)ccn2)cc1. The van der Waals surface area contributed by atoms with Crippen molar-refractivity contribution in [2.24, 2.45) is 0 Å². The van der Waals surface area contributed by atoms with Crippen LogP contribution in [0.15, 0.2) is 42.6 Å². The van der Waals surface area contributed by atoms with Crippen LogP contribution in [0.25, 0.3) is 0 Å². The molecule has 0 saturated carbocycles. The lowest BCUT2D eigenvalue weighted by molar-refractivity contribution is -0.138. The quantitative estimate of drug-likeness (QED) is 0.730. The van der Waals surface area contributed by atoms with Gasteiger partial charge in [-0.25, -0.2) is 4.98 Å². The zero-order valence-corrected chi connectivity index (χ0v) is 17.9. The number of fused-ring (bicyclic) bond motifs is 1. The van der Waals surface area contributed by atoms with Crippen LogP contribution in [-0.2, 0) is 16.1 Å². The Morgan fingerprint density at radius 2 is 2.07 bits per heavy atom. The second-order valence-corrected chi connectivity index (χ2v) is 8.99. The number of hydrogen-bond acceptors (Lipinski definition) is 6. The lowest BCUT2D eigenvalue weighted by atomic mass is 10.2. The van der Waals surface area contributed by atoms with Crippen LogP contribution in [0.1, 0.15) is 32.3 Å². The minimum atomic E-state index is -0.406. The monoisotopic (exact) mass is 427 g/mol. The summed E-state index contributed by atoms with van der Waals surface area (Å²) in [7, 11) is 0. The fourth-order valence-corrected chi connectivity index (χ4v) is 5.26. The molecule has 158 valence electrons. The number of benzene rings is 1. The summed E-state index contributed by atoms with van der Waals surface area (Å²) in [6, 6.07) is 10.6. The average molecular weight is 428 g/mol. The highest BCUT2D eigenvalue weighted by Gasteiger charge is 2.52. The van der Waals surface area contributed by atoms with Gasteiger partial charge in [0.2, 0.25) is 17.7 Å². The molecule has 0 aliphatic carbocycles. The van der Waals surface area contributed by atoms with Gasteiger partial charge >= 0.3 is 0 Å². The Labute approximate surface area is 180 Å². The van der Waals surface area contributed by atoms with Gasteiger partial charge in [0.1, 0.15) is 17.5 Å². The van der Waals surface area contributed by atoms with Crippen molar-refractivity contribution in [3.05, 3.63) is 48.2 Å². The minimum absolute atomic E-state index is 0.0672. The van der Waals surface area contributed by atoms with Crippen molar-refractivity contribution in [2.75, 3.05) is 12.4 Å². The van der Waals surface area contributed by atoms with Gasteiger partial charge in [-0.15, -0.1) is 11.8 Å². The summed E-state index contributed by atoms with van der Waals surface area (Å²) >= 11 is 1.69. The molecule has 0 bridgehead atoms. The normalized spacial score (nSPS) is 22.7. The molecule has 2 fully saturated rings. The minimum Gasteiger partial charge on any atom is -0.494 e. The van der Waals surface area contributed by atoms with Gasteiger partial charge in [-0.3, -0.25) is 9.59 Å². The van der Waals surface area contributed by atoms with E-state index in [1.165, 1.54) is 0 Å². The molecule has 2 aromatic rings. The molecule has 1 aromatic carbocycles. The molecule has 8 heteroatoms. The molecule has 2 atom stereocenters. The molecule has 2 saturated heterocycles. The van der Waals surface area contributed by atoms with Crippen LogP contribution < -0.4 is 14.8 Å². The number of nitrogens with one attached hydrogen (secondary N) is 1. The van der Waals surface area contributed by atoms with E-state index >= 15 is 0 Å². The van der Waals surface area contributed by atoms with Crippen LogP contribution in [0, 0.1) is 0 Å². The third-order valence-electron chi connectivity index (χ3n) is 5.37. The number of carbonyl (C=O) groups is 2. The van der Waals surface area contributed by atoms with E-state index in [-0.39, 0.29) is 16.7 Å². The molecule has 2 aliphatic rings. The van der Waals surface area contributed by atoms with E-state index in [9.17, 15) is 9.59 Å². The topological polar surface area (TPSA) is 80.8 Å². The predicted molar refractivity (Wildman–Crippen MR) is 114 cm³/mol. The maximum absolute atomic E-state index is 12.7. The lowest BCUT2D eigenvalue weighted by Gasteiger charge is -2.29. The summed E-state index contributed by atoms with van der Waals surface area (Å²) in [6.07, 6.45) is 2.97. The summed E-state index contributed by atoms with van der Waals surface area (Å²) in [5, 5.41) is 2.96. The maximum atomic E-state index is 12.7. The average Bonchev–Trinajstić information content (AvgIpc) is 3.24. The standard InChI is InChI=1S/C22H25N3O4S/c1-3-28-16-4-6-17(7-5-16)29-19-12-15(9-11-23-19)13-24-21(27)18-14-30-22(2)10-8-20(26)25(18)22/h4-7,9,11-12,18H,3,8,10,13-14H2,1-2H3,(H,24,27). The first-order chi connectivity index (χ1) is 14.5. The van der Waals surface area contributed by atoms with Crippen molar-refractivity contribution < 1.29 is 19.1 Å². The number of thioether (sulfide) groups is 1. The third kappa shape index (κ3) is 4.23. The molecule has 30 heavy (non-hydrogen) atoms. The molecule has 0 radical (unpaired) electrons. The van der Waals surface area contributed by atoms with Crippen molar-refractivity contribution in [3.63, 3.8) is 0 Å². The van der Waals surface area contributed by atoms with E-state index in [4.69, 9.17) is 9.47 Å². The summed E-state index contributed by atoms with van der Waals surface area (Å²) in [5.74, 6) is 2.47.